The van der Waals surface area contributed by atoms with Crippen LogP contribution in [0.4, 0.5) is 4.39 Å². The largest absolute Gasteiger partial charge is 0.361 e. The fourth-order valence-corrected chi connectivity index (χ4v) is 2.20. The van der Waals surface area contributed by atoms with E-state index in [1.807, 2.05) is 18.3 Å². The first-order valence-corrected chi connectivity index (χ1v) is 5.64. The minimum atomic E-state index is -0.142. The average Bonchev–Trinajstić information content (AvgIpc) is 2.71. The van der Waals surface area contributed by atoms with Crippen molar-refractivity contribution in [2.45, 2.75) is 25.7 Å². The van der Waals surface area contributed by atoms with Crippen molar-refractivity contribution < 1.29 is 4.39 Å². The number of benzene rings is 1. The van der Waals surface area contributed by atoms with E-state index in [2.05, 4.69) is 18.5 Å². The molecule has 1 nitrogen and oxygen atoms in total. The third-order valence-corrected chi connectivity index (χ3v) is 3.07. The molecule has 2 rings (SSSR count). The van der Waals surface area contributed by atoms with Gasteiger partial charge in [-0.05, 0) is 36.5 Å². The second-order valence-corrected chi connectivity index (χ2v) is 4.04. The Balaban J connectivity index is 2.55. The molecule has 1 unspecified atom stereocenters. The molecule has 0 amide bonds. The third kappa shape index (κ3) is 1.75. The number of rotatable bonds is 4. The number of halogens is 1. The fourth-order valence-electron chi connectivity index (χ4n) is 2.20. The van der Waals surface area contributed by atoms with Gasteiger partial charge in [0, 0.05) is 17.1 Å². The molecule has 1 aromatic carbocycles. The van der Waals surface area contributed by atoms with Gasteiger partial charge in [-0.1, -0.05) is 19.1 Å². The maximum Gasteiger partial charge on any atom is 0.132 e. The lowest BCUT2D eigenvalue weighted by Crippen LogP contribution is -1.95. The maximum absolute atomic E-state index is 13.8. The number of fused-ring (bicyclic) bond motifs is 1. The van der Waals surface area contributed by atoms with Gasteiger partial charge in [-0.3, -0.25) is 0 Å². The van der Waals surface area contributed by atoms with Crippen LogP contribution < -0.4 is 0 Å². The number of aromatic nitrogens is 1. The summed E-state index contributed by atoms with van der Waals surface area (Å²) in [6.45, 7) is 5.88. The molecule has 1 aromatic heterocycles. The van der Waals surface area contributed by atoms with E-state index >= 15 is 0 Å². The normalized spacial score (nSPS) is 12.9. The van der Waals surface area contributed by atoms with E-state index in [1.165, 1.54) is 6.07 Å². The van der Waals surface area contributed by atoms with Crippen LogP contribution in [0.15, 0.2) is 37.1 Å². The Hall–Kier alpha value is -1.57. The van der Waals surface area contributed by atoms with Crippen LogP contribution in [0.1, 0.15) is 31.2 Å². The Labute approximate surface area is 95.0 Å². The van der Waals surface area contributed by atoms with Gasteiger partial charge in [0.25, 0.3) is 0 Å². The van der Waals surface area contributed by atoms with E-state index in [9.17, 15) is 4.39 Å². The van der Waals surface area contributed by atoms with E-state index in [0.717, 1.165) is 29.3 Å². The minimum Gasteiger partial charge on any atom is -0.361 e. The van der Waals surface area contributed by atoms with Crippen LogP contribution in [0, 0.1) is 5.82 Å². The summed E-state index contributed by atoms with van der Waals surface area (Å²) in [5.41, 5.74) is 1.94. The van der Waals surface area contributed by atoms with Crippen molar-refractivity contribution in [2.24, 2.45) is 0 Å². The standard InChI is InChI=1S/C14H16FN/c1-3-6-10(4-2)11-9-16-13-8-5-7-12(15)14(11)13/h3,5,7-10,16H,1,4,6H2,2H3. The van der Waals surface area contributed by atoms with Gasteiger partial charge in [-0.25, -0.2) is 4.39 Å². The molecule has 0 radical (unpaired) electrons. The van der Waals surface area contributed by atoms with Crippen LogP contribution in [0.5, 0.6) is 0 Å². The van der Waals surface area contributed by atoms with E-state index in [4.69, 9.17) is 0 Å². The van der Waals surface area contributed by atoms with Crippen LogP contribution in [0.2, 0.25) is 0 Å². The molecule has 1 N–H and O–H groups in total. The molecule has 0 spiro atoms. The number of H-pyrrole nitrogens is 1. The SMILES string of the molecule is C=CCC(CC)c1c[nH]c2cccc(F)c12. The Kier molecular flexibility index (Phi) is 3.09. The van der Waals surface area contributed by atoms with Crippen LogP contribution in [0.3, 0.4) is 0 Å². The third-order valence-electron chi connectivity index (χ3n) is 3.07. The molecule has 84 valence electrons. The van der Waals surface area contributed by atoms with Crippen LogP contribution in [-0.2, 0) is 0 Å². The molecule has 0 aliphatic rings. The van der Waals surface area contributed by atoms with Crippen molar-refractivity contribution in [1.29, 1.82) is 0 Å². The smallest absolute Gasteiger partial charge is 0.132 e. The minimum absolute atomic E-state index is 0.142. The predicted molar refractivity (Wildman–Crippen MR) is 66.1 cm³/mol. The van der Waals surface area contributed by atoms with Crippen molar-refractivity contribution in [3.05, 3.63) is 48.4 Å². The number of hydrogen-bond acceptors (Lipinski definition) is 0. The van der Waals surface area contributed by atoms with E-state index in [-0.39, 0.29) is 5.82 Å². The highest BCUT2D eigenvalue weighted by atomic mass is 19.1. The first-order chi connectivity index (χ1) is 7.77. The summed E-state index contributed by atoms with van der Waals surface area (Å²) in [6, 6.07) is 5.15. The van der Waals surface area contributed by atoms with Crippen molar-refractivity contribution in [3.63, 3.8) is 0 Å². The molecule has 0 aliphatic carbocycles. The van der Waals surface area contributed by atoms with E-state index in [1.54, 1.807) is 6.07 Å². The summed E-state index contributed by atoms with van der Waals surface area (Å²) >= 11 is 0. The van der Waals surface area contributed by atoms with Gasteiger partial charge < -0.3 is 4.98 Å². The van der Waals surface area contributed by atoms with Gasteiger partial charge in [0.15, 0.2) is 0 Å². The number of hydrogen-bond donors (Lipinski definition) is 1. The zero-order chi connectivity index (χ0) is 11.5. The van der Waals surface area contributed by atoms with E-state index < -0.39 is 0 Å². The average molecular weight is 217 g/mol. The molecule has 2 aromatic rings. The molecule has 0 fully saturated rings. The Morgan fingerprint density at radius 2 is 2.31 bits per heavy atom. The summed E-state index contributed by atoms with van der Waals surface area (Å²) in [5, 5.41) is 0.733. The Bertz CT molecular complexity index is 498. The zero-order valence-electron chi connectivity index (χ0n) is 9.46. The molecule has 0 saturated heterocycles. The molecular formula is C14H16FN. The van der Waals surface area contributed by atoms with Crippen molar-refractivity contribution in [1.82, 2.24) is 4.98 Å². The van der Waals surface area contributed by atoms with Gasteiger partial charge in [0.1, 0.15) is 5.82 Å². The highest BCUT2D eigenvalue weighted by Gasteiger charge is 2.15. The Morgan fingerprint density at radius 3 is 3.00 bits per heavy atom. The molecule has 0 aliphatic heterocycles. The second kappa shape index (κ2) is 4.52. The summed E-state index contributed by atoms with van der Waals surface area (Å²) < 4.78 is 13.8. The van der Waals surface area contributed by atoms with Crippen LogP contribution in [0.25, 0.3) is 10.9 Å². The molecule has 16 heavy (non-hydrogen) atoms. The molecular weight excluding hydrogens is 201 g/mol. The quantitative estimate of drug-likeness (QED) is 0.732. The first-order valence-electron chi connectivity index (χ1n) is 5.64. The van der Waals surface area contributed by atoms with Gasteiger partial charge in [-0.2, -0.15) is 0 Å². The Morgan fingerprint density at radius 1 is 1.50 bits per heavy atom. The van der Waals surface area contributed by atoms with Gasteiger partial charge in [0.2, 0.25) is 0 Å². The topological polar surface area (TPSA) is 15.8 Å². The molecule has 1 atom stereocenters. The molecule has 1 heterocycles. The highest BCUT2D eigenvalue weighted by molar-refractivity contribution is 5.84. The first kappa shape index (κ1) is 10.9. The van der Waals surface area contributed by atoms with Crippen LogP contribution >= 0.6 is 0 Å². The zero-order valence-corrected chi connectivity index (χ0v) is 9.46. The highest BCUT2D eigenvalue weighted by Crippen LogP contribution is 2.31. The van der Waals surface area contributed by atoms with E-state index in [0.29, 0.717) is 5.92 Å². The fraction of sp³-hybridized carbons (Fsp3) is 0.286. The van der Waals surface area contributed by atoms with Crippen LogP contribution in [-0.4, -0.2) is 4.98 Å². The summed E-state index contributed by atoms with van der Waals surface area (Å²) in [6.07, 6.45) is 5.70. The van der Waals surface area contributed by atoms with Crippen molar-refractivity contribution >= 4 is 10.9 Å². The van der Waals surface area contributed by atoms with Crippen molar-refractivity contribution in [2.75, 3.05) is 0 Å². The summed E-state index contributed by atoms with van der Waals surface area (Å²) in [7, 11) is 0. The monoisotopic (exact) mass is 217 g/mol. The predicted octanol–water partition coefficient (Wildman–Crippen LogP) is 4.38. The van der Waals surface area contributed by atoms with Gasteiger partial charge in [-0.15, -0.1) is 6.58 Å². The lowest BCUT2D eigenvalue weighted by Gasteiger charge is -2.11. The van der Waals surface area contributed by atoms with Crippen molar-refractivity contribution in [3.8, 4) is 0 Å². The molecule has 0 saturated carbocycles. The lowest BCUT2D eigenvalue weighted by molar-refractivity contribution is 0.632. The van der Waals surface area contributed by atoms with Gasteiger partial charge in [0.05, 0.1) is 0 Å². The molecule has 0 bridgehead atoms. The lowest BCUT2D eigenvalue weighted by atomic mass is 9.93. The molecule has 2 heteroatoms. The summed E-state index contributed by atoms with van der Waals surface area (Å²) in [5.74, 6) is 0.208. The summed E-state index contributed by atoms with van der Waals surface area (Å²) in [4.78, 5) is 3.13. The van der Waals surface area contributed by atoms with Gasteiger partial charge >= 0.3 is 0 Å². The maximum atomic E-state index is 13.8. The number of aromatic amines is 1. The second-order valence-electron chi connectivity index (χ2n) is 4.04. The number of nitrogens with one attached hydrogen (secondary N) is 1. The number of allylic oxidation sites excluding steroid dienone is 1.